The Morgan fingerprint density at radius 3 is 2.45 bits per heavy atom. The summed E-state index contributed by atoms with van der Waals surface area (Å²) in [6.45, 7) is 2.94. The summed E-state index contributed by atoms with van der Waals surface area (Å²) in [6, 6.07) is 9.33. The largest absolute Gasteiger partial charge is 0.340 e. The fourth-order valence-electron chi connectivity index (χ4n) is 2.72. The summed E-state index contributed by atoms with van der Waals surface area (Å²) in [4.78, 5) is 16.6. The minimum absolute atomic E-state index is 0.241. The van der Waals surface area contributed by atoms with Gasteiger partial charge in [-0.2, -0.15) is 0 Å². The van der Waals surface area contributed by atoms with Crippen LogP contribution in [0.15, 0.2) is 30.3 Å². The molecule has 1 unspecified atom stereocenters. The Morgan fingerprint density at radius 2 is 1.82 bits per heavy atom. The van der Waals surface area contributed by atoms with Gasteiger partial charge in [-0.3, -0.25) is 4.79 Å². The smallest absolute Gasteiger partial charge is 0.241 e. The molecule has 0 saturated carbocycles. The summed E-state index contributed by atoms with van der Waals surface area (Å²) in [7, 11) is -1.42. The molecule has 5 nitrogen and oxygen atoms in total. The highest BCUT2D eigenvalue weighted by Crippen LogP contribution is 2.14. The molecule has 1 aromatic rings. The second-order valence-corrected chi connectivity index (χ2v) is 8.22. The minimum Gasteiger partial charge on any atom is -0.340 e. The molecule has 1 aliphatic rings. The topological polar surface area (TPSA) is 57.7 Å². The average molecular weight is 324 g/mol. The van der Waals surface area contributed by atoms with Crippen LogP contribution in [0, 0.1) is 0 Å². The van der Waals surface area contributed by atoms with Gasteiger partial charge in [-0.15, -0.1) is 0 Å². The van der Waals surface area contributed by atoms with Gasteiger partial charge >= 0.3 is 0 Å². The van der Waals surface area contributed by atoms with E-state index in [9.17, 15) is 13.2 Å². The molecule has 1 saturated heterocycles. The average Bonchev–Trinajstić information content (AvgIpc) is 2.69. The second-order valence-electron chi connectivity index (χ2n) is 5.99. The lowest BCUT2D eigenvalue weighted by atomic mass is 10.1. The summed E-state index contributed by atoms with van der Waals surface area (Å²) < 4.78 is 24.2. The molecule has 1 aliphatic heterocycles. The standard InChI is InChI=1S/C16H24N2O3S/c1-17-9-6-10-18(12-11-17)16(19)15(22(2,20)21)13-14-7-4-3-5-8-14/h3-5,7-8,15H,6,9-13H2,1-2H3. The van der Waals surface area contributed by atoms with Crippen molar-refractivity contribution in [3.8, 4) is 0 Å². The van der Waals surface area contributed by atoms with Gasteiger partial charge in [0.1, 0.15) is 5.25 Å². The zero-order valence-electron chi connectivity index (χ0n) is 13.2. The number of carbonyl (C=O) groups excluding carboxylic acids is 1. The first-order chi connectivity index (χ1) is 10.4. The number of hydrogen-bond donors (Lipinski definition) is 0. The van der Waals surface area contributed by atoms with E-state index in [0.717, 1.165) is 31.3 Å². The van der Waals surface area contributed by atoms with Crippen LogP contribution in [0.2, 0.25) is 0 Å². The van der Waals surface area contributed by atoms with Gasteiger partial charge in [-0.1, -0.05) is 30.3 Å². The lowest BCUT2D eigenvalue weighted by Gasteiger charge is -2.25. The summed E-state index contributed by atoms with van der Waals surface area (Å²) in [5, 5.41) is -0.988. The van der Waals surface area contributed by atoms with Crippen LogP contribution >= 0.6 is 0 Å². The highest BCUT2D eigenvalue weighted by molar-refractivity contribution is 7.92. The normalized spacial score (nSPS) is 18.7. The van der Waals surface area contributed by atoms with Gasteiger partial charge in [0.25, 0.3) is 0 Å². The van der Waals surface area contributed by atoms with Crippen LogP contribution < -0.4 is 0 Å². The van der Waals surface area contributed by atoms with Gasteiger partial charge in [0.15, 0.2) is 9.84 Å². The van der Waals surface area contributed by atoms with Crippen molar-refractivity contribution >= 4 is 15.7 Å². The van der Waals surface area contributed by atoms with E-state index in [1.807, 2.05) is 37.4 Å². The second kappa shape index (κ2) is 7.24. The Morgan fingerprint density at radius 1 is 1.14 bits per heavy atom. The zero-order chi connectivity index (χ0) is 16.2. The Hall–Kier alpha value is -1.40. The molecular formula is C16H24N2O3S. The van der Waals surface area contributed by atoms with E-state index in [1.165, 1.54) is 0 Å². The van der Waals surface area contributed by atoms with Crippen molar-refractivity contribution in [3.05, 3.63) is 35.9 Å². The van der Waals surface area contributed by atoms with Crippen molar-refractivity contribution in [2.45, 2.75) is 18.1 Å². The van der Waals surface area contributed by atoms with Crippen molar-refractivity contribution < 1.29 is 13.2 Å². The van der Waals surface area contributed by atoms with Gasteiger partial charge < -0.3 is 9.80 Å². The molecule has 0 N–H and O–H groups in total. The van der Waals surface area contributed by atoms with Crippen LogP contribution in [0.1, 0.15) is 12.0 Å². The van der Waals surface area contributed by atoms with Crippen molar-refractivity contribution in [2.75, 3.05) is 39.5 Å². The van der Waals surface area contributed by atoms with Crippen molar-refractivity contribution in [1.82, 2.24) is 9.80 Å². The van der Waals surface area contributed by atoms with Crippen molar-refractivity contribution in [2.24, 2.45) is 0 Å². The number of amides is 1. The molecule has 0 aromatic heterocycles. The summed E-state index contributed by atoms with van der Waals surface area (Å²) >= 11 is 0. The first-order valence-electron chi connectivity index (χ1n) is 7.58. The molecule has 22 heavy (non-hydrogen) atoms. The van der Waals surface area contributed by atoms with Crippen LogP contribution in [0.5, 0.6) is 0 Å². The number of nitrogens with zero attached hydrogens (tertiary/aromatic N) is 2. The Balaban J connectivity index is 2.16. The van der Waals surface area contributed by atoms with Crippen LogP contribution in [0.25, 0.3) is 0 Å². The summed E-state index contributed by atoms with van der Waals surface area (Å²) in [5.74, 6) is -0.262. The van der Waals surface area contributed by atoms with Crippen LogP contribution in [-0.2, 0) is 21.1 Å². The van der Waals surface area contributed by atoms with E-state index in [2.05, 4.69) is 4.90 Å². The number of benzene rings is 1. The highest BCUT2D eigenvalue weighted by Gasteiger charge is 2.33. The molecule has 122 valence electrons. The number of hydrogen-bond acceptors (Lipinski definition) is 4. The number of sulfone groups is 1. The maximum atomic E-state index is 12.7. The fourth-order valence-corrected chi connectivity index (χ4v) is 3.73. The number of carbonyl (C=O) groups is 1. The predicted molar refractivity (Wildman–Crippen MR) is 87.5 cm³/mol. The van der Waals surface area contributed by atoms with Gasteiger partial charge in [-0.25, -0.2) is 8.42 Å². The number of likely N-dealkylation sites (N-methyl/N-ethyl adjacent to an activating group) is 1. The summed E-state index contributed by atoms with van der Waals surface area (Å²) in [5.41, 5.74) is 0.873. The third-order valence-corrected chi connectivity index (χ3v) is 5.49. The zero-order valence-corrected chi connectivity index (χ0v) is 14.1. The first kappa shape index (κ1) is 17.0. The van der Waals surface area contributed by atoms with E-state index in [-0.39, 0.29) is 12.3 Å². The Kier molecular flexibility index (Phi) is 5.58. The third-order valence-electron chi connectivity index (χ3n) is 4.09. The molecule has 2 rings (SSSR count). The van der Waals surface area contributed by atoms with Gasteiger partial charge in [-0.05, 0) is 32.0 Å². The first-order valence-corrected chi connectivity index (χ1v) is 9.53. The van der Waals surface area contributed by atoms with Gasteiger partial charge in [0.05, 0.1) is 0 Å². The van der Waals surface area contributed by atoms with E-state index >= 15 is 0 Å². The Bertz CT molecular complexity index is 601. The quantitative estimate of drug-likeness (QED) is 0.822. The minimum atomic E-state index is -3.44. The van der Waals surface area contributed by atoms with E-state index in [4.69, 9.17) is 0 Å². The molecule has 0 radical (unpaired) electrons. The lowest BCUT2D eigenvalue weighted by molar-refractivity contribution is -0.130. The third kappa shape index (κ3) is 4.55. The molecule has 0 aliphatic carbocycles. The monoisotopic (exact) mass is 324 g/mol. The molecule has 1 atom stereocenters. The molecule has 1 heterocycles. The van der Waals surface area contributed by atoms with E-state index in [1.54, 1.807) is 4.90 Å². The van der Waals surface area contributed by atoms with Crippen molar-refractivity contribution in [3.63, 3.8) is 0 Å². The van der Waals surface area contributed by atoms with Crippen LogP contribution in [-0.4, -0.2) is 68.9 Å². The van der Waals surface area contributed by atoms with Crippen LogP contribution in [0.3, 0.4) is 0 Å². The lowest BCUT2D eigenvalue weighted by Crippen LogP contribution is -2.45. The maximum Gasteiger partial charge on any atom is 0.241 e. The molecule has 6 heteroatoms. The maximum absolute atomic E-state index is 12.7. The van der Waals surface area contributed by atoms with E-state index < -0.39 is 15.1 Å². The van der Waals surface area contributed by atoms with Gasteiger partial charge in [0, 0.05) is 25.9 Å². The molecular weight excluding hydrogens is 300 g/mol. The van der Waals surface area contributed by atoms with E-state index in [0.29, 0.717) is 13.1 Å². The Labute approximate surface area is 132 Å². The molecule has 1 amide bonds. The molecule has 0 bridgehead atoms. The highest BCUT2D eigenvalue weighted by atomic mass is 32.2. The molecule has 0 spiro atoms. The number of rotatable bonds is 4. The van der Waals surface area contributed by atoms with Crippen molar-refractivity contribution in [1.29, 1.82) is 0 Å². The SMILES string of the molecule is CN1CCCN(C(=O)C(Cc2ccccc2)S(C)(=O)=O)CC1. The summed E-state index contributed by atoms with van der Waals surface area (Å²) in [6.07, 6.45) is 2.28. The van der Waals surface area contributed by atoms with Crippen LogP contribution in [0.4, 0.5) is 0 Å². The van der Waals surface area contributed by atoms with Gasteiger partial charge in [0.2, 0.25) is 5.91 Å². The fraction of sp³-hybridized carbons (Fsp3) is 0.562. The molecule has 1 aromatic carbocycles. The predicted octanol–water partition coefficient (Wildman–Crippen LogP) is 0.806. The molecule has 1 fully saturated rings.